The van der Waals surface area contributed by atoms with Gasteiger partial charge in [-0.1, -0.05) is 63.9 Å². The van der Waals surface area contributed by atoms with Gasteiger partial charge in [-0.3, -0.25) is 9.59 Å². The smallest absolute Gasteiger partial charge is 0.408 e. The lowest BCUT2D eigenvalue weighted by Crippen LogP contribution is -2.52. The SMILES string of the molecule is CCCC[C@H](NC(=O)OC1C(=O)N(C)CC1(C)C)C(O)C(=O)N[C@H](C)c1ccccc1. The average Bonchev–Trinajstić information content (AvgIpc) is 2.92. The number of aliphatic hydroxyl groups is 1. The molecule has 172 valence electrons. The summed E-state index contributed by atoms with van der Waals surface area (Å²) >= 11 is 0. The summed E-state index contributed by atoms with van der Waals surface area (Å²) in [6, 6.07) is 8.29. The van der Waals surface area contributed by atoms with Crippen LogP contribution < -0.4 is 10.6 Å². The van der Waals surface area contributed by atoms with Crippen LogP contribution in [-0.4, -0.2) is 59.8 Å². The molecule has 1 aliphatic rings. The van der Waals surface area contributed by atoms with E-state index in [-0.39, 0.29) is 11.9 Å². The van der Waals surface area contributed by atoms with Crippen LogP contribution in [0.15, 0.2) is 30.3 Å². The third-order valence-electron chi connectivity index (χ3n) is 5.66. The second-order valence-corrected chi connectivity index (χ2v) is 8.95. The van der Waals surface area contributed by atoms with Crippen LogP contribution in [0.1, 0.15) is 58.6 Å². The van der Waals surface area contributed by atoms with Crippen molar-refractivity contribution >= 4 is 17.9 Å². The van der Waals surface area contributed by atoms with Crippen LogP contribution in [0.4, 0.5) is 4.79 Å². The van der Waals surface area contributed by atoms with Gasteiger partial charge in [0.25, 0.3) is 11.8 Å². The van der Waals surface area contributed by atoms with E-state index in [2.05, 4.69) is 10.6 Å². The van der Waals surface area contributed by atoms with Gasteiger partial charge in [0, 0.05) is 19.0 Å². The van der Waals surface area contributed by atoms with Crippen molar-refractivity contribution in [1.82, 2.24) is 15.5 Å². The van der Waals surface area contributed by atoms with Crippen molar-refractivity contribution in [3.63, 3.8) is 0 Å². The molecule has 1 aliphatic heterocycles. The summed E-state index contributed by atoms with van der Waals surface area (Å²) in [5.41, 5.74) is 0.384. The van der Waals surface area contributed by atoms with Gasteiger partial charge in [0.05, 0.1) is 12.1 Å². The van der Waals surface area contributed by atoms with E-state index in [0.29, 0.717) is 19.4 Å². The largest absolute Gasteiger partial charge is 0.435 e. The van der Waals surface area contributed by atoms with Gasteiger partial charge in [-0.2, -0.15) is 0 Å². The highest BCUT2D eigenvalue weighted by Gasteiger charge is 2.47. The first-order valence-corrected chi connectivity index (χ1v) is 10.8. The Balaban J connectivity index is 2.02. The van der Waals surface area contributed by atoms with E-state index in [1.807, 2.05) is 58.0 Å². The highest BCUT2D eigenvalue weighted by Crippen LogP contribution is 2.32. The molecule has 31 heavy (non-hydrogen) atoms. The minimum absolute atomic E-state index is 0.264. The zero-order valence-corrected chi connectivity index (χ0v) is 19.1. The molecule has 1 saturated heterocycles. The Morgan fingerprint density at radius 3 is 2.45 bits per heavy atom. The van der Waals surface area contributed by atoms with Crippen molar-refractivity contribution in [1.29, 1.82) is 0 Å². The predicted molar refractivity (Wildman–Crippen MR) is 117 cm³/mol. The second-order valence-electron chi connectivity index (χ2n) is 8.95. The molecule has 0 spiro atoms. The van der Waals surface area contributed by atoms with Gasteiger partial charge in [0.1, 0.15) is 0 Å². The molecule has 0 saturated carbocycles. The molecule has 3 amide bonds. The minimum atomic E-state index is -1.44. The Hall–Kier alpha value is -2.61. The molecule has 0 bridgehead atoms. The minimum Gasteiger partial charge on any atom is -0.435 e. The number of ether oxygens (including phenoxy) is 1. The molecule has 1 aromatic carbocycles. The lowest BCUT2D eigenvalue weighted by Gasteiger charge is -2.27. The molecule has 2 rings (SSSR count). The summed E-state index contributed by atoms with van der Waals surface area (Å²) in [4.78, 5) is 39.0. The molecular formula is C23H35N3O5. The fourth-order valence-corrected chi connectivity index (χ4v) is 3.85. The molecule has 1 aromatic rings. The van der Waals surface area contributed by atoms with Crippen LogP contribution in [0, 0.1) is 5.41 Å². The Labute approximate surface area is 184 Å². The number of nitrogens with zero attached hydrogens (tertiary/aromatic N) is 1. The summed E-state index contributed by atoms with van der Waals surface area (Å²) in [7, 11) is 1.66. The number of benzene rings is 1. The number of alkyl carbamates (subject to hydrolysis) is 1. The van der Waals surface area contributed by atoms with Gasteiger partial charge < -0.3 is 25.4 Å². The van der Waals surface area contributed by atoms with Crippen LogP contribution in [-0.2, 0) is 14.3 Å². The van der Waals surface area contributed by atoms with Gasteiger partial charge in [0.2, 0.25) is 0 Å². The first kappa shape index (κ1) is 24.7. The molecule has 0 aliphatic carbocycles. The second kappa shape index (κ2) is 10.6. The average molecular weight is 434 g/mol. The van der Waals surface area contributed by atoms with Crippen LogP contribution in [0.3, 0.4) is 0 Å². The van der Waals surface area contributed by atoms with Crippen molar-refractivity contribution in [3.05, 3.63) is 35.9 Å². The number of hydrogen-bond donors (Lipinski definition) is 3. The predicted octanol–water partition coefficient (Wildman–Crippen LogP) is 2.38. The third kappa shape index (κ3) is 6.43. The Kier molecular flexibility index (Phi) is 8.44. The first-order chi connectivity index (χ1) is 14.6. The molecule has 1 heterocycles. The molecular weight excluding hydrogens is 398 g/mol. The summed E-state index contributed by atoms with van der Waals surface area (Å²) in [6.45, 7) is 8.00. The molecule has 0 aromatic heterocycles. The molecule has 1 fully saturated rings. The topological polar surface area (TPSA) is 108 Å². The van der Waals surface area contributed by atoms with E-state index in [1.165, 1.54) is 4.90 Å². The van der Waals surface area contributed by atoms with Crippen LogP contribution in [0.5, 0.6) is 0 Å². The fraction of sp³-hybridized carbons (Fsp3) is 0.609. The summed E-state index contributed by atoms with van der Waals surface area (Å²) in [5, 5.41) is 16.0. The highest BCUT2D eigenvalue weighted by molar-refractivity contribution is 5.87. The number of nitrogens with one attached hydrogen (secondary N) is 2. The molecule has 8 nitrogen and oxygen atoms in total. The molecule has 2 unspecified atom stereocenters. The van der Waals surface area contributed by atoms with Gasteiger partial charge in [0.15, 0.2) is 12.2 Å². The zero-order chi connectivity index (χ0) is 23.2. The molecule has 8 heteroatoms. The number of amides is 3. The van der Waals surface area contributed by atoms with E-state index in [9.17, 15) is 19.5 Å². The van der Waals surface area contributed by atoms with Crippen molar-refractivity contribution in [3.8, 4) is 0 Å². The number of likely N-dealkylation sites (N-methyl/N-ethyl adjacent to an activating group) is 1. The van der Waals surface area contributed by atoms with E-state index in [1.54, 1.807) is 7.05 Å². The normalized spacial score (nSPS) is 20.6. The van der Waals surface area contributed by atoms with Crippen molar-refractivity contribution in [2.24, 2.45) is 5.41 Å². The number of hydrogen-bond acceptors (Lipinski definition) is 5. The quantitative estimate of drug-likeness (QED) is 0.554. The molecule has 3 N–H and O–H groups in total. The Morgan fingerprint density at radius 1 is 1.26 bits per heavy atom. The highest BCUT2D eigenvalue weighted by atomic mass is 16.6. The van der Waals surface area contributed by atoms with Crippen molar-refractivity contribution in [2.75, 3.05) is 13.6 Å². The van der Waals surface area contributed by atoms with Gasteiger partial charge in [-0.05, 0) is 18.9 Å². The number of unbranched alkanes of at least 4 members (excludes halogenated alkanes) is 1. The third-order valence-corrected chi connectivity index (χ3v) is 5.66. The number of likely N-dealkylation sites (tertiary alicyclic amines) is 1. The van der Waals surface area contributed by atoms with E-state index in [4.69, 9.17) is 4.74 Å². The van der Waals surface area contributed by atoms with Crippen LogP contribution in [0.2, 0.25) is 0 Å². The lowest BCUT2D eigenvalue weighted by atomic mass is 9.90. The summed E-state index contributed by atoms with van der Waals surface area (Å²) in [6.07, 6.45) is -1.22. The van der Waals surface area contributed by atoms with Gasteiger partial charge >= 0.3 is 6.09 Å². The fourth-order valence-electron chi connectivity index (χ4n) is 3.85. The van der Waals surface area contributed by atoms with Gasteiger partial charge in [-0.15, -0.1) is 0 Å². The maximum absolute atomic E-state index is 12.6. The van der Waals surface area contributed by atoms with E-state index in [0.717, 1.165) is 12.0 Å². The lowest BCUT2D eigenvalue weighted by molar-refractivity contribution is -0.135. The monoisotopic (exact) mass is 433 g/mol. The van der Waals surface area contributed by atoms with Gasteiger partial charge in [-0.25, -0.2) is 4.79 Å². The number of carbonyl (C=O) groups excluding carboxylic acids is 3. The van der Waals surface area contributed by atoms with Crippen molar-refractivity contribution in [2.45, 2.75) is 71.2 Å². The summed E-state index contributed by atoms with van der Waals surface area (Å²) < 4.78 is 5.42. The summed E-state index contributed by atoms with van der Waals surface area (Å²) in [5.74, 6) is -0.838. The zero-order valence-electron chi connectivity index (χ0n) is 19.1. The maximum Gasteiger partial charge on any atom is 0.408 e. The molecule has 0 radical (unpaired) electrons. The maximum atomic E-state index is 12.6. The van der Waals surface area contributed by atoms with Crippen LogP contribution >= 0.6 is 0 Å². The van der Waals surface area contributed by atoms with Crippen LogP contribution in [0.25, 0.3) is 0 Å². The Bertz CT molecular complexity index is 768. The number of rotatable bonds is 9. The van der Waals surface area contributed by atoms with E-state index < -0.39 is 35.7 Å². The van der Waals surface area contributed by atoms with E-state index >= 15 is 0 Å². The molecule has 4 atom stereocenters. The Morgan fingerprint density at radius 2 is 1.90 bits per heavy atom. The van der Waals surface area contributed by atoms with Crippen molar-refractivity contribution < 1.29 is 24.2 Å². The standard InChI is InChI=1S/C23H35N3O5/c1-6-7-13-17(18(27)20(28)24-15(2)16-11-9-8-10-12-16)25-22(30)31-19-21(29)26(5)14-23(19,3)4/h8-12,15,17-19,27H,6-7,13-14H2,1-5H3,(H,24,28)(H,25,30)/t15-,17+,18?,19?/m1/s1. The first-order valence-electron chi connectivity index (χ1n) is 10.8. The number of carbonyl (C=O) groups is 3. The number of aliphatic hydroxyl groups excluding tert-OH is 1.